The molecule has 1 N–H and O–H groups in total. The number of hydrogen-bond donors (Lipinski definition) is 1. The summed E-state index contributed by atoms with van der Waals surface area (Å²) in [5.74, 6) is 0.848. The van der Waals surface area contributed by atoms with Crippen molar-refractivity contribution in [3.63, 3.8) is 0 Å². The van der Waals surface area contributed by atoms with E-state index in [1.807, 2.05) is 6.20 Å². The van der Waals surface area contributed by atoms with E-state index >= 15 is 0 Å². The lowest BCUT2D eigenvalue weighted by molar-refractivity contribution is 0.204. The van der Waals surface area contributed by atoms with E-state index in [-0.39, 0.29) is 0 Å². The minimum absolute atomic E-state index is 0.605. The number of anilines is 1. The zero-order valence-electron chi connectivity index (χ0n) is 12.9. The van der Waals surface area contributed by atoms with E-state index in [1.54, 1.807) is 7.11 Å². The van der Waals surface area contributed by atoms with Crippen LogP contribution in [0.15, 0.2) is 6.20 Å². The van der Waals surface area contributed by atoms with Gasteiger partial charge in [-0.25, -0.2) is 9.97 Å². The Bertz CT molecular complexity index is 420. The van der Waals surface area contributed by atoms with E-state index in [0.29, 0.717) is 6.04 Å². The van der Waals surface area contributed by atoms with Crippen LogP contribution in [0.25, 0.3) is 0 Å². The van der Waals surface area contributed by atoms with Crippen molar-refractivity contribution in [1.29, 1.82) is 0 Å². The summed E-state index contributed by atoms with van der Waals surface area (Å²) in [6, 6.07) is 0.605. The normalized spacial score (nSPS) is 14.6. The summed E-state index contributed by atoms with van der Waals surface area (Å²) in [6.07, 6.45) is 5.59. The van der Waals surface area contributed by atoms with Gasteiger partial charge in [-0.15, -0.1) is 0 Å². The minimum Gasteiger partial charge on any atom is -0.383 e. The molecule has 5 heteroatoms. The fourth-order valence-corrected chi connectivity index (χ4v) is 2.21. The van der Waals surface area contributed by atoms with Crippen LogP contribution in [-0.4, -0.2) is 42.8 Å². The number of aryl methyl sites for hydroxylation is 1. The fourth-order valence-electron chi connectivity index (χ4n) is 2.21. The highest BCUT2D eigenvalue weighted by Gasteiger charge is 2.30. The Morgan fingerprint density at radius 3 is 2.85 bits per heavy atom. The average molecular weight is 278 g/mol. The molecule has 1 heterocycles. The first-order chi connectivity index (χ1) is 9.76. The third kappa shape index (κ3) is 4.15. The lowest BCUT2D eigenvalue weighted by atomic mass is 10.2. The summed E-state index contributed by atoms with van der Waals surface area (Å²) in [5, 5.41) is 3.40. The Morgan fingerprint density at radius 2 is 2.25 bits per heavy atom. The van der Waals surface area contributed by atoms with Gasteiger partial charge in [0.05, 0.1) is 6.61 Å². The van der Waals surface area contributed by atoms with E-state index in [0.717, 1.165) is 44.3 Å². The minimum atomic E-state index is 0.605. The van der Waals surface area contributed by atoms with E-state index in [9.17, 15) is 0 Å². The predicted octanol–water partition coefficient (Wildman–Crippen LogP) is 1.90. The third-order valence-electron chi connectivity index (χ3n) is 3.59. The summed E-state index contributed by atoms with van der Waals surface area (Å²) < 4.78 is 5.18. The Kier molecular flexibility index (Phi) is 5.73. The van der Waals surface area contributed by atoms with Crippen molar-refractivity contribution in [1.82, 2.24) is 15.3 Å². The molecule has 1 aliphatic carbocycles. The first kappa shape index (κ1) is 15.2. The molecule has 1 aromatic rings. The van der Waals surface area contributed by atoms with E-state index < -0.39 is 0 Å². The van der Waals surface area contributed by atoms with Crippen LogP contribution >= 0.6 is 0 Å². The maximum atomic E-state index is 5.18. The number of ether oxygens (including phenoxy) is 1. The largest absolute Gasteiger partial charge is 0.383 e. The van der Waals surface area contributed by atoms with Crippen molar-refractivity contribution >= 4 is 5.95 Å². The number of aromatic nitrogens is 2. The second-order valence-electron chi connectivity index (χ2n) is 5.37. The summed E-state index contributed by atoms with van der Waals surface area (Å²) in [7, 11) is 1.74. The number of rotatable bonds is 9. The number of nitrogens with zero attached hydrogens (tertiary/aromatic N) is 3. The van der Waals surface area contributed by atoms with Crippen LogP contribution in [-0.2, 0) is 11.3 Å². The summed E-state index contributed by atoms with van der Waals surface area (Å²) >= 11 is 0. The zero-order chi connectivity index (χ0) is 14.4. The van der Waals surface area contributed by atoms with Crippen molar-refractivity contribution in [2.75, 3.05) is 31.7 Å². The molecule has 5 nitrogen and oxygen atoms in total. The van der Waals surface area contributed by atoms with Gasteiger partial charge < -0.3 is 15.0 Å². The van der Waals surface area contributed by atoms with E-state index in [1.165, 1.54) is 18.4 Å². The van der Waals surface area contributed by atoms with Gasteiger partial charge >= 0.3 is 0 Å². The SMILES string of the molecule is CCCNCc1cnc(N(CCOC)C2CC2)nc1C. The Morgan fingerprint density at radius 1 is 1.45 bits per heavy atom. The smallest absolute Gasteiger partial charge is 0.225 e. The molecule has 0 saturated heterocycles. The van der Waals surface area contributed by atoms with Crippen molar-refractivity contribution in [2.24, 2.45) is 0 Å². The van der Waals surface area contributed by atoms with Gasteiger partial charge in [0, 0.05) is 43.7 Å². The molecule has 1 fully saturated rings. The highest BCUT2D eigenvalue weighted by Crippen LogP contribution is 2.29. The van der Waals surface area contributed by atoms with Crippen LogP contribution in [0, 0.1) is 6.92 Å². The summed E-state index contributed by atoms with van der Waals surface area (Å²) in [6.45, 7) is 7.70. The molecule has 0 bridgehead atoms. The van der Waals surface area contributed by atoms with Crippen LogP contribution in [0.4, 0.5) is 5.95 Å². The van der Waals surface area contributed by atoms with Crippen LogP contribution < -0.4 is 10.2 Å². The molecular weight excluding hydrogens is 252 g/mol. The van der Waals surface area contributed by atoms with Gasteiger partial charge in [0.1, 0.15) is 0 Å². The van der Waals surface area contributed by atoms with Crippen molar-refractivity contribution in [2.45, 2.75) is 45.7 Å². The molecular formula is C15H26N4O. The monoisotopic (exact) mass is 278 g/mol. The molecule has 0 amide bonds. The molecule has 0 aliphatic heterocycles. The van der Waals surface area contributed by atoms with Crippen molar-refractivity contribution in [3.05, 3.63) is 17.5 Å². The highest BCUT2D eigenvalue weighted by atomic mass is 16.5. The maximum absolute atomic E-state index is 5.18. The number of nitrogens with one attached hydrogen (secondary N) is 1. The molecule has 0 aromatic carbocycles. The standard InChI is InChI=1S/C15H26N4O/c1-4-7-16-10-13-11-17-15(18-12(13)2)19(8-9-20-3)14-5-6-14/h11,14,16H,4-10H2,1-3H3. The Labute approximate surface area is 121 Å². The second kappa shape index (κ2) is 7.55. The molecule has 0 atom stereocenters. The van der Waals surface area contributed by atoms with Gasteiger partial charge in [0.25, 0.3) is 0 Å². The van der Waals surface area contributed by atoms with Gasteiger partial charge in [-0.05, 0) is 32.7 Å². The topological polar surface area (TPSA) is 50.3 Å². The molecule has 1 aromatic heterocycles. The van der Waals surface area contributed by atoms with Gasteiger partial charge in [0.2, 0.25) is 5.95 Å². The van der Waals surface area contributed by atoms with Gasteiger partial charge in [-0.3, -0.25) is 0 Å². The quantitative estimate of drug-likeness (QED) is 0.699. The Balaban J connectivity index is 2.02. The van der Waals surface area contributed by atoms with Crippen molar-refractivity contribution in [3.8, 4) is 0 Å². The Hall–Kier alpha value is -1.20. The molecule has 2 rings (SSSR count). The van der Waals surface area contributed by atoms with Crippen LogP contribution in [0.3, 0.4) is 0 Å². The maximum Gasteiger partial charge on any atom is 0.225 e. The lowest BCUT2D eigenvalue weighted by Crippen LogP contribution is -2.31. The molecule has 112 valence electrons. The summed E-state index contributed by atoms with van der Waals surface area (Å²) in [4.78, 5) is 11.5. The lowest BCUT2D eigenvalue weighted by Gasteiger charge is -2.22. The van der Waals surface area contributed by atoms with E-state index in [4.69, 9.17) is 4.74 Å². The summed E-state index contributed by atoms with van der Waals surface area (Å²) in [5.41, 5.74) is 2.26. The van der Waals surface area contributed by atoms with Crippen molar-refractivity contribution < 1.29 is 4.74 Å². The van der Waals surface area contributed by atoms with Gasteiger partial charge in [0.15, 0.2) is 0 Å². The molecule has 0 spiro atoms. The van der Waals surface area contributed by atoms with E-state index in [2.05, 4.69) is 34.0 Å². The predicted molar refractivity (Wildman–Crippen MR) is 81.0 cm³/mol. The molecule has 1 aliphatic rings. The number of hydrogen-bond acceptors (Lipinski definition) is 5. The van der Waals surface area contributed by atoms with Gasteiger partial charge in [-0.1, -0.05) is 6.92 Å². The number of methoxy groups -OCH3 is 1. The first-order valence-corrected chi connectivity index (χ1v) is 7.55. The average Bonchev–Trinajstić information content (AvgIpc) is 3.26. The molecule has 0 unspecified atom stereocenters. The third-order valence-corrected chi connectivity index (χ3v) is 3.59. The molecule has 0 radical (unpaired) electrons. The highest BCUT2D eigenvalue weighted by molar-refractivity contribution is 5.36. The van der Waals surface area contributed by atoms with Gasteiger partial charge in [-0.2, -0.15) is 0 Å². The first-order valence-electron chi connectivity index (χ1n) is 7.55. The fraction of sp³-hybridized carbons (Fsp3) is 0.733. The van der Waals surface area contributed by atoms with Crippen LogP contribution in [0.1, 0.15) is 37.4 Å². The zero-order valence-corrected chi connectivity index (χ0v) is 12.9. The second-order valence-corrected chi connectivity index (χ2v) is 5.37. The van der Waals surface area contributed by atoms with Crippen LogP contribution in [0.5, 0.6) is 0 Å². The molecule has 1 saturated carbocycles. The molecule has 20 heavy (non-hydrogen) atoms. The van der Waals surface area contributed by atoms with Crippen LogP contribution in [0.2, 0.25) is 0 Å².